The zero-order chi connectivity index (χ0) is 23.3. The van der Waals surface area contributed by atoms with Gasteiger partial charge in [-0.25, -0.2) is 23.1 Å². The van der Waals surface area contributed by atoms with Crippen LogP contribution in [0.2, 0.25) is 0 Å². The summed E-state index contributed by atoms with van der Waals surface area (Å²) in [6, 6.07) is 17.7. The van der Waals surface area contributed by atoms with Crippen molar-refractivity contribution in [2.75, 3.05) is 25.1 Å². The second kappa shape index (κ2) is 10.2. The molecule has 2 heterocycles. The number of fused-ring (bicyclic) bond motifs is 3. The zero-order valence-corrected chi connectivity index (χ0v) is 19.5. The van der Waals surface area contributed by atoms with E-state index in [1.54, 1.807) is 0 Å². The summed E-state index contributed by atoms with van der Waals surface area (Å²) < 4.78 is 33.3. The number of para-hydroxylation sites is 2. The van der Waals surface area contributed by atoms with Crippen LogP contribution in [-0.4, -0.2) is 42.4 Å². The number of imidazole rings is 1. The van der Waals surface area contributed by atoms with Crippen LogP contribution in [0.3, 0.4) is 0 Å². The minimum atomic E-state index is -3.18. The van der Waals surface area contributed by atoms with Crippen molar-refractivity contribution in [3.63, 3.8) is 0 Å². The number of nitrogens with zero attached hydrogens (tertiary/aromatic N) is 3. The van der Waals surface area contributed by atoms with Crippen LogP contribution in [-0.2, 0) is 23.0 Å². The highest BCUT2D eigenvalue weighted by Gasteiger charge is 2.17. The second-order valence-electron chi connectivity index (χ2n) is 8.03. The van der Waals surface area contributed by atoms with Gasteiger partial charge in [-0.15, -0.1) is 0 Å². The number of aryl methyl sites for hydroxylation is 2. The summed E-state index contributed by atoms with van der Waals surface area (Å²) >= 11 is 0. The molecule has 2 aromatic heterocycles. The maximum Gasteiger partial charge on any atom is 0.208 e. The average Bonchev–Trinajstić information content (AvgIpc) is 3.16. The molecule has 4 aromatic rings. The highest BCUT2D eigenvalue weighted by molar-refractivity contribution is 7.88. The van der Waals surface area contributed by atoms with E-state index in [4.69, 9.17) is 15.5 Å². The molecule has 0 aliphatic rings. The lowest BCUT2D eigenvalue weighted by Crippen LogP contribution is -2.23. The molecule has 9 heteroatoms. The third-order valence-electron chi connectivity index (χ3n) is 5.42. The van der Waals surface area contributed by atoms with E-state index in [2.05, 4.69) is 14.3 Å². The highest BCUT2D eigenvalue weighted by Crippen LogP contribution is 2.29. The Kier molecular flexibility index (Phi) is 7.10. The van der Waals surface area contributed by atoms with Crippen molar-refractivity contribution in [3.05, 3.63) is 60.4 Å². The molecule has 0 unspecified atom stereocenters. The molecular formula is C24H29N5O3S. The van der Waals surface area contributed by atoms with Gasteiger partial charge < -0.3 is 15.0 Å². The SMILES string of the molecule is CS(=O)(=O)NCCCCn1c(CCCOc2ccccc2)nc2c(N)nc3ccccc3c21. The Morgan fingerprint density at radius 3 is 2.55 bits per heavy atom. The molecule has 33 heavy (non-hydrogen) atoms. The lowest BCUT2D eigenvalue weighted by Gasteiger charge is -2.11. The number of hydrogen-bond acceptors (Lipinski definition) is 6. The Balaban J connectivity index is 1.55. The van der Waals surface area contributed by atoms with Gasteiger partial charge in [0.15, 0.2) is 5.82 Å². The molecule has 0 fully saturated rings. The van der Waals surface area contributed by atoms with Crippen LogP contribution >= 0.6 is 0 Å². The zero-order valence-electron chi connectivity index (χ0n) is 18.7. The van der Waals surface area contributed by atoms with E-state index < -0.39 is 10.0 Å². The van der Waals surface area contributed by atoms with Gasteiger partial charge in [0, 0.05) is 24.9 Å². The first-order chi connectivity index (χ1) is 15.9. The van der Waals surface area contributed by atoms with Crippen LogP contribution in [0.15, 0.2) is 54.6 Å². The third-order valence-corrected chi connectivity index (χ3v) is 6.15. The van der Waals surface area contributed by atoms with Crippen molar-refractivity contribution in [2.24, 2.45) is 0 Å². The van der Waals surface area contributed by atoms with Gasteiger partial charge in [-0.1, -0.05) is 36.4 Å². The number of sulfonamides is 1. The molecule has 2 aromatic carbocycles. The van der Waals surface area contributed by atoms with E-state index in [0.717, 1.165) is 53.7 Å². The molecule has 4 rings (SSSR count). The van der Waals surface area contributed by atoms with Crippen molar-refractivity contribution in [3.8, 4) is 5.75 Å². The van der Waals surface area contributed by atoms with Crippen LogP contribution in [0.1, 0.15) is 25.1 Å². The van der Waals surface area contributed by atoms with Crippen LogP contribution in [0.4, 0.5) is 5.82 Å². The number of ether oxygens (including phenoxy) is 1. The molecule has 0 saturated carbocycles. The number of nitrogens with one attached hydrogen (secondary N) is 1. The summed E-state index contributed by atoms with van der Waals surface area (Å²) in [4.78, 5) is 9.39. The summed E-state index contributed by atoms with van der Waals surface area (Å²) in [5.41, 5.74) is 8.80. The Hall–Kier alpha value is -3.17. The van der Waals surface area contributed by atoms with Gasteiger partial charge in [0.05, 0.1) is 23.9 Å². The predicted molar refractivity (Wildman–Crippen MR) is 132 cm³/mol. The van der Waals surface area contributed by atoms with Gasteiger partial charge in [-0.05, 0) is 37.5 Å². The van der Waals surface area contributed by atoms with Gasteiger partial charge in [0.2, 0.25) is 10.0 Å². The molecule has 0 bridgehead atoms. The third kappa shape index (κ3) is 5.80. The van der Waals surface area contributed by atoms with E-state index in [1.807, 2.05) is 54.6 Å². The molecule has 0 spiro atoms. The minimum Gasteiger partial charge on any atom is -0.494 e. The Labute approximate surface area is 193 Å². The molecule has 0 amide bonds. The summed E-state index contributed by atoms with van der Waals surface area (Å²) in [5, 5.41) is 1.01. The van der Waals surface area contributed by atoms with Gasteiger partial charge in [0.1, 0.15) is 17.1 Å². The lowest BCUT2D eigenvalue weighted by molar-refractivity contribution is 0.309. The number of benzene rings is 2. The monoisotopic (exact) mass is 467 g/mol. The molecule has 8 nitrogen and oxygen atoms in total. The molecule has 0 aliphatic heterocycles. The van der Waals surface area contributed by atoms with Crippen molar-refractivity contribution in [1.82, 2.24) is 19.3 Å². The maximum absolute atomic E-state index is 11.3. The number of nitrogen functional groups attached to an aromatic ring is 1. The van der Waals surface area contributed by atoms with Crippen molar-refractivity contribution in [2.45, 2.75) is 32.2 Å². The van der Waals surface area contributed by atoms with Crippen LogP contribution < -0.4 is 15.2 Å². The number of hydrogen-bond donors (Lipinski definition) is 2. The minimum absolute atomic E-state index is 0.413. The van der Waals surface area contributed by atoms with E-state index in [1.165, 1.54) is 6.26 Å². The number of anilines is 1. The smallest absolute Gasteiger partial charge is 0.208 e. The van der Waals surface area contributed by atoms with Crippen LogP contribution in [0.25, 0.3) is 21.9 Å². The molecule has 0 saturated heterocycles. The number of rotatable bonds is 11. The fourth-order valence-corrected chi connectivity index (χ4v) is 4.44. The number of nitrogens with two attached hydrogens (primary N) is 1. The Bertz CT molecular complexity index is 1340. The predicted octanol–water partition coefficient (Wildman–Crippen LogP) is 3.51. The first-order valence-corrected chi connectivity index (χ1v) is 13.0. The number of aromatic nitrogens is 3. The molecule has 174 valence electrons. The fourth-order valence-electron chi connectivity index (χ4n) is 3.93. The molecule has 3 N–H and O–H groups in total. The van der Waals surface area contributed by atoms with Gasteiger partial charge in [-0.3, -0.25) is 0 Å². The first kappa shape index (κ1) is 23.0. The summed E-state index contributed by atoms with van der Waals surface area (Å²) in [7, 11) is -3.18. The average molecular weight is 468 g/mol. The topological polar surface area (TPSA) is 112 Å². The van der Waals surface area contributed by atoms with Gasteiger partial charge in [0.25, 0.3) is 0 Å². The first-order valence-electron chi connectivity index (χ1n) is 11.1. The standard InChI is InChI=1S/C24H29N5O3S/c1-33(30,31)26-15-7-8-16-29-21(14-9-17-32-18-10-3-2-4-11-18)28-22-23(29)19-12-5-6-13-20(19)27-24(22)25/h2-6,10-13,26H,7-9,14-17H2,1H3,(H2,25,27). The lowest BCUT2D eigenvalue weighted by atomic mass is 10.2. The Morgan fingerprint density at radius 1 is 1.00 bits per heavy atom. The highest BCUT2D eigenvalue weighted by atomic mass is 32.2. The quantitative estimate of drug-likeness (QED) is 0.327. The molecular weight excluding hydrogens is 438 g/mol. The summed E-state index contributed by atoms with van der Waals surface area (Å²) in [6.07, 6.45) is 4.24. The van der Waals surface area contributed by atoms with Crippen LogP contribution in [0, 0.1) is 0 Å². The van der Waals surface area contributed by atoms with Gasteiger partial charge >= 0.3 is 0 Å². The van der Waals surface area contributed by atoms with Crippen molar-refractivity contribution >= 4 is 37.8 Å². The number of pyridine rings is 1. The van der Waals surface area contributed by atoms with E-state index in [0.29, 0.717) is 31.0 Å². The number of unbranched alkanes of at least 4 members (excludes halogenated alkanes) is 1. The van der Waals surface area contributed by atoms with E-state index in [9.17, 15) is 8.42 Å². The molecule has 0 radical (unpaired) electrons. The van der Waals surface area contributed by atoms with Crippen molar-refractivity contribution < 1.29 is 13.2 Å². The van der Waals surface area contributed by atoms with Crippen molar-refractivity contribution in [1.29, 1.82) is 0 Å². The summed E-state index contributed by atoms with van der Waals surface area (Å²) in [5.74, 6) is 2.20. The van der Waals surface area contributed by atoms with E-state index >= 15 is 0 Å². The largest absolute Gasteiger partial charge is 0.494 e. The normalized spacial score (nSPS) is 11.9. The fraction of sp³-hybridized carbons (Fsp3) is 0.333. The molecule has 0 atom stereocenters. The molecule has 0 aliphatic carbocycles. The second-order valence-corrected chi connectivity index (χ2v) is 9.86. The van der Waals surface area contributed by atoms with Gasteiger partial charge in [-0.2, -0.15) is 0 Å². The summed E-state index contributed by atoms with van der Waals surface area (Å²) in [6.45, 7) is 1.71. The Morgan fingerprint density at radius 2 is 1.76 bits per heavy atom. The van der Waals surface area contributed by atoms with E-state index in [-0.39, 0.29) is 0 Å². The maximum atomic E-state index is 11.3. The van der Waals surface area contributed by atoms with Crippen LogP contribution in [0.5, 0.6) is 5.75 Å².